The van der Waals surface area contributed by atoms with E-state index in [2.05, 4.69) is 30.8 Å². The average Bonchev–Trinajstić information content (AvgIpc) is 3.08. The number of hydrogen-bond donors (Lipinski definition) is 2. The van der Waals surface area contributed by atoms with Gasteiger partial charge in [-0.15, -0.1) is 5.10 Å². The monoisotopic (exact) mass is 403 g/mol. The van der Waals surface area contributed by atoms with Gasteiger partial charge in [-0.1, -0.05) is 11.8 Å². The SMILES string of the molecule is CSc1nc(C)c(CCC(=O)Nc2cc(-n3nnnc3C)ccc2F)c(=O)[nH]1. The van der Waals surface area contributed by atoms with Crippen molar-refractivity contribution in [2.45, 2.75) is 31.8 Å². The van der Waals surface area contributed by atoms with E-state index in [0.717, 1.165) is 0 Å². The second kappa shape index (κ2) is 8.30. The molecule has 0 aliphatic carbocycles. The van der Waals surface area contributed by atoms with E-state index in [1.807, 2.05) is 6.26 Å². The summed E-state index contributed by atoms with van der Waals surface area (Å²) in [6.45, 7) is 3.43. The largest absolute Gasteiger partial charge is 0.324 e. The molecular formula is C17H18FN7O2S. The molecule has 0 fully saturated rings. The number of benzene rings is 1. The second-order valence-electron chi connectivity index (χ2n) is 5.99. The van der Waals surface area contributed by atoms with Gasteiger partial charge in [-0.3, -0.25) is 9.59 Å². The van der Waals surface area contributed by atoms with Crippen LogP contribution in [0.15, 0.2) is 28.2 Å². The predicted octanol–water partition coefficient (Wildman–Crippen LogP) is 1.79. The molecule has 0 atom stereocenters. The third-order valence-corrected chi connectivity index (χ3v) is 4.67. The summed E-state index contributed by atoms with van der Waals surface area (Å²) in [4.78, 5) is 31.3. The quantitative estimate of drug-likeness (QED) is 0.476. The highest BCUT2D eigenvalue weighted by Crippen LogP contribution is 2.19. The first kappa shape index (κ1) is 19.7. The molecule has 1 amide bonds. The van der Waals surface area contributed by atoms with Crippen LogP contribution in [0.4, 0.5) is 10.1 Å². The lowest BCUT2D eigenvalue weighted by atomic mass is 10.1. The summed E-state index contributed by atoms with van der Waals surface area (Å²) < 4.78 is 15.5. The number of carbonyl (C=O) groups excluding carboxylic acids is 1. The summed E-state index contributed by atoms with van der Waals surface area (Å²) >= 11 is 1.33. The molecule has 2 heterocycles. The van der Waals surface area contributed by atoms with E-state index >= 15 is 0 Å². The lowest BCUT2D eigenvalue weighted by molar-refractivity contribution is -0.116. The molecule has 2 N–H and O–H groups in total. The number of aryl methyl sites for hydroxylation is 2. The van der Waals surface area contributed by atoms with Crippen molar-refractivity contribution in [3.63, 3.8) is 0 Å². The predicted molar refractivity (Wildman–Crippen MR) is 102 cm³/mol. The van der Waals surface area contributed by atoms with E-state index in [4.69, 9.17) is 0 Å². The molecule has 3 rings (SSSR count). The third kappa shape index (κ3) is 4.25. The van der Waals surface area contributed by atoms with Crippen molar-refractivity contribution in [3.8, 4) is 5.69 Å². The summed E-state index contributed by atoms with van der Waals surface area (Å²) in [6, 6.07) is 4.19. The number of hydrogen-bond acceptors (Lipinski definition) is 7. The van der Waals surface area contributed by atoms with Gasteiger partial charge < -0.3 is 10.3 Å². The molecule has 0 radical (unpaired) electrons. The van der Waals surface area contributed by atoms with Crippen molar-refractivity contribution in [2.24, 2.45) is 0 Å². The zero-order valence-electron chi connectivity index (χ0n) is 15.5. The molecular weight excluding hydrogens is 385 g/mol. The Labute approximate surface area is 163 Å². The summed E-state index contributed by atoms with van der Waals surface area (Å²) in [5.41, 5.74) is 1.27. The van der Waals surface area contributed by atoms with Crippen LogP contribution >= 0.6 is 11.8 Å². The first-order valence-electron chi connectivity index (χ1n) is 8.37. The lowest BCUT2D eigenvalue weighted by Gasteiger charge is -2.10. The molecule has 3 aromatic rings. The molecule has 28 heavy (non-hydrogen) atoms. The van der Waals surface area contributed by atoms with Crippen LogP contribution in [0.5, 0.6) is 0 Å². The zero-order chi connectivity index (χ0) is 20.3. The standard InChI is InChI=1S/C17H18FN7O2S/c1-9-12(16(27)21-17(19-9)28-3)5-7-15(26)20-14-8-11(4-6-13(14)18)25-10(2)22-23-24-25/h4,6,8H,5,7H2,1-3H3,(H,20,26)(H,19,21,27). The van der Waals surface area contributed by atoms with Crippen LogP contribution in [0.1, 0.15) is 23.5 Å². The van der Waals surface area contributed by atoms with Gasteiger partial charge in [0.25, 0.3) is 5.56 Å². The molecule has 0 unspecified atom stereocenters. The van der Waals surface area contributed by atoms with Crippen LogP contribution in [0, 0.1) is 19.7 Å². The molecule has 0 aliphatic heterocycles. The maximum Gasteiger partial charge on any atom is 0.254 e. The van der Waals surface area contributed by atoms with Crippen molar-refractivity contribution < 1.29 is 9.18 Å². The van der Waals surface area contributed by atoms with E-state index in [9.17, 15) is 14.0 Å². The molecule has 146 valence electrons. The molecule has 11 heteroatoms. The van der Waals surface area contributed by atoms with Gasteiger partial charge in [0, 0.05) is 17.7 Å². The van der Waals surface area contributed by atoms with Gasteiger partial charge >= 0.3 is 0 Å². The molecule has 9 nitrogen and oxygen atoms in total. The van der Waals surface area contributed by atoms with Crippen molar-refractivity contribution in [2.75, 3.05) is 11.6 Å². The second-order valence-corrected chi connectivity index (χ2v) is 6.78. The van der Waals surface area contributed by atoms with Crippen molar-refractivity contribution in [1.82, 2.24) is 30.2 Å². The number of nitrogens with one attached hydrogen (secondary N) is 2. The van der Waals surface area contributed by atoms with E-state index in [1.165, 1.54) is 34.6 Å². The minimum atomic E-state index is -0.581. The molecule has 0 saturated heterocycles. The summed E-state index contributed by atoms with van der Waals surface area (Å²) in [7, 11) is 0. The first-order chi connectivity index (χ1) is 13.4. The van der Waals surface area contributed by atoms with Crippen LogP contribution < -0.4 is 10.9 Å². The Bertz CT molecular complexity index is 1080. The fraction of sp³-hybridized carbons (Fsp3) is 0.294. The Morgan fingerprint density at radius 3 is 2.79 bits per heavy atom. The van der Waals surface area contributed by atoms with Crippen LogP contribution in [-0.4, -0.2) is 42.3 Å². The lowest BCUT2D eigenvalue weighted by Crippen LogP contribution is -2.20. The number of halogens is 1. The number of carbonyl (C=O) groups is 1. The fourth-order valence-electron chi connectivity index (χ4n) is 2.64. The number of aromatic amines is 1. The average molecular weight is 403 g/mol. The van der Waals surface area contributed by atoms with E-state index in [-0.39, 0.29) is 24.1 Å². The van der Waals surface area contributed by atoms with Crippen LogP contribution in [0.25, 0.3) is 5.69 Å². The Kier molecular flexibility index (Phi) is 5.83. The van der Waals surface area contributed by atoms with Crippen molar-refractivity contribution >= 4 is 23.4 Å². The minimum absolute atomic E-state index is 0.0117. The van der Waals surface area contributed by atoms with Gasteiger partial charge in [0.1, 0.15) is 5.82 Å². The number of anilines is 1. The number of tetrazole rings is 1. The maximum absolute atomic E-state index is 14.1. The zero-order valence-corrected chi connectivity index (χ0v) is 16.3. The number of thioether (sulfide) groups is 1. The summed E-state index contributed by atoms with van der Waals surface area (Å²) in [6.07, 6.45) is 2.02. The summed E-state index contributed by atoms with van der Waals surface area (Å²) in [5.74, 6) is -0.472. The normalized spacial score (nSPS) is 10.9. The molecule has 0 spiro atoms. The summed E-state index contributed by atoms with van der Waals surface area (Å²) in [5, 5.41) is 14.2. The Morgan fingerprint density at radius 2 is 2.14 bits per heavy atom. The van der Waals surface area contributed by atoms with Gasteiger partial charge in [0.2, 0.25) is 5.91 Å². The minimum Gasteiger partial charge on any atom is -0.324 e. The third-order valence-electron chi connectivity index (χ3n) is 4.09. The Hall–Kier alpha value is -3.08. The number of H-pyrrole nitrogens is 1. The Balaban J connectivity index is 1.72. The van der Waals surface area contributed by atoms with Gasteiger partial charge in [0.15, 0.2) is 11.0 Å². The highest BCUT2D eigenvalue weighted by Gasteiger charge is 2.13. The molecule has 0 bridgehead atoms. The van der Waals surface area contributed by atoms with E-state index in [1.54, 1.807) is 13.8 Å². The van der Waals surface area contributed by atoms with Gasteiger partial charge in [-0.05, 0) is 55.1 Å². The topological polar surface area (TPSA) is 118 Å². The van der Waals surface area contributed by atoms with E-state index in [0.29, 0.717) is 27.9 Å². The number of rotatable bonds is 6. The van der Waals surface area contributed by atoms with Gasteiger partial charge in [-0.25, -0.2) is 9.37 Å². The van der Waals surface area contributed by atoms with Crippen LogP contribution in [-0.2, 0) is 11.2 Å². The van der Waals surface area contributed by atoms with Crippen molar-refractivity contribution in [1.29, 1.82) is 0 Å². The van der Waals surface area contributed by atoms with Gasteiger partial charge in [0.05, 0.1) is 11.4 Å². The van der Waals surface area contributed by atoms with Crippen molar-refractivity contribution in [3.05, 3.63) is 51.5 Å². The van der Waals surface area contributed by atoms with Crippen LogP contribution in [0.3, 0.4) is 0 Å². The molecule has 0 saturated carbocycles. The molecule has 0 aliphatic rings. The first-order valence-corrected chi connectivity index (χ1v) is 9.60. The number of aromatic nitrogens is 6. The van der Waals surface area contributed by atoms with E-state index < -0.39 is 11.7 Å². The van der Waals surface area contributed by atoms with Gasteiger partial charge in [-0.2, -0.15) is 4.68 Å². The number of amides is 1. The molecule has 1 aromatic carbocycles. The fourth-order valence-corrected chi connectivity index (χ4v) is 3.06. The Morgan fingerprint density at radius 1 is 1.36 bits per heavy atom. The highest BCUT2D eigenvalue weighted by molar-refractivity contribution is 7.98. The molecule has 2 aromatic heterocycles. The smallest absolute Gasteiger partial charge is 0.254 e. The maximum atomic E-state index is 14.1. The van der Waals surface area contributed by atoms with Crippen LogP contribution in [0.2, 0.25) is 0 Å². The number of nitrogens with zero attached hydrogens (tertiary/aromatic N) is 5. The highest BCUT2D eigenvalue weighted by atomic mass is 32.2.